The van der Waals surface area contributed by atoms with Gasteiger partial charge < -0.3 is 25.9 Å². The zero-order valence-corrected chi connectivity index (χ0v) is 23.7. The van der Waals surface area contributed by atoms with Crippen LogP contribution < -0.4 is 16.4 Å². The lowest BCUT2D eigenvalue weighted by molar-refractivity contribution is -0.384. The number of benzene rings is 2. The zero-order chi connectivity index (χ0) is 29.6. The number of nitrogens with two attached hydrogens (primary N) is 1. The number of carbonyl (C=O) groups is 1. The van der Waals surface area contributed by atoms with Gasteiger partial charge in [0, 0.05) is 64.5 Å². The third kappa shape index (κ3) is 6.70. The number of nitro groups is 1. The van der Waals surface area contributed by atoms with Gasteiger partial charge in [-0.25, -0.2) is 9.97 Å². The molecule has 0 saturated heterocycles. The highest BCUT2D eigenvalue weighted by molar-refractivity contribution is 6.36. The Labute approximate surface area is 250 Å². The van der Waals surface area contributed by atoms with Crippen molar-refractivity contribution in [1.82, 2.24) is 24.8 Å². The normalized spacial score (nSPS) is 10.9. The second-order valence-corrected chi connectivity index (χ2v) is 10.2. The summed E-state index contributed by atoms with van der Waals surface area (Å²) in [5.41, 5.74) is 8.88. The Kier molecular flexibility index (Phi) is 8.70. The molecule has 0 unspecified atom stereocenters. The third-order valence-corrected chi connectivity index (χ3v) is 7.00. The van der Waals surface area contributed by atoms with E-state index in [9.17, 15) is 14.9 Å². The first-order chi connectivity index (χ1) is 20.3. The second kappa shape index (κ2) is 12.8. The number of anilines is 2. The Bertz CT molecular complexity index is 1740. The summed E-state index contributed by atoms with van der Waals surface area (Å²) < 4.78 is 1.91. The summed E-state index contributed by atoms with van der Waals surface area (Å²) in [6.45, 7) is 1.32. The fraction of sp³-hybridized carbons (Fsp3) is 0.138. The van der Waals surface area contributed by atoms with Gasteiger partial charge in [0.05, 0.1) is 22.7 Å². The molecule has 11 nitrogen and oxygen atoms in total. The van der Waals surface area contributed by atoms with E-state index in [1.165, 1.54) is 12.1 Å². The molecule has 0 aliphatic carbocycles. The van der Waals surface area contributed by atoms with E-state index in [1.807, 2.05) is 41.1 Å². The fourth-order valence-electron chi connectivity index (χ4n) is 4.40. The summed E-state index contributed by atoms with van der Waals surface area (Å²) >= 11 is 12.6. The van der Waals surface area contributed by atoms with Crippen molar-refractivity contribution in [2.45, 2.75) is 19.5 Å². The van der Waals surface area contributed by atoms with E-state index in [-0.39, 0.29) is 24.0 Å². The minimum absolute atomic E-state index is 0.151. The molecule has 0 bridgehead atoms. The van der Waals surface area contributed by atoms with Crippen molar-refractivity contribution >= 4 is 46.4 Å². The number of hydrogen-bond donors (Lipinski definition) is 4. The van der Waals surface area contributed by atoms with Crippen LogP contribution in [0.4, 0.5) is 17.3 Å². The van der Waals surface area contributed by atoms with E-state index in [1.54, 1.807) is 30.6 Å². The van der Waals surface area contributed by atoms with E-state index in [4.69, 9.17) is 28.9 Å². The van der Waals surface area contributed by atoms with Gasteiger partial charge in [-0.2, -0.15) is 0 Å². The summed E-state index contributed by atoms with van der Waals surface area (Å²) in [6.07, 6.45) is 6.08. The summed E-state index contributed by atoms with van der Waals surface area (Å²) in [7, 11) is 0. The van der Waals surface area contributed by atoms with Crippen LogP contribution in [0.2, 0.25) is 10.0 Å². The number of rotatable bonds is 11. The molecule has 1 amide bonds. The van der Waals surface area contributed by atoms with Gasteiger partial charge in [-0.1, -0.05) is 59.6 Å². The number of aromatic nitrogens is 4. The van der Waals surface area contributed by atoms with Gasteiger partial charge in [0.2, 0.25) is 5.82 Å². The number of amides is 1. The molecule has 0 radical (unpaired) electrons. The van der Waals surface area contributed by atoms with Crippen LogP contribution in [0, 0.1) is 10.1 Å². The molecule has 2 aromatic carbocycles. The van der Waals surface area contributed by atoms with E-state index in [0.29, 0.717) is 57.8 Å². The number of halogens is 2. The molecule has 5 N–H and O–H groups in total. The van der Waals surface area contributed by atoms with Crippen molar-refractivity contribution in [3.63, 3.8) is 0 Å². The number of H-pyrrole nitrogens is 1. The molecule has 0 saturated carbocycles. The molecule has 3 heterocycles. The molecule has 0 atom stereocenters. The lowest BCUT2D eigenvalue weighted by Gasteiger charge is -2.07. The number of nitrogens with one attached hydrogen (secondary N) is 3. The van der Waals surface area contributed by atoms with Crippen molar-refractivity contribution in [2.24, 2.45) is 0 Å². The highest BCUT2D eigenvalue weighted by Crippen LogP contribution is 2.33. The molecule has 0 aliphatic rings. The van der Waals surface area contributed by atoms with Crippen molar-refractivity contribution in [1.29, 1.82) is 0 Å². The van der Waals surface area contributed by atoms with Crippen LogP contribution in [0.5, 0.6) is 0 Å². The lowest BCUT2D eigenvalue weighted by Crippen LogP contribution is -2.23. The zero-order valence-electron chi connectivity index (χ0n) is 22.2. The van der Waals surface area contributed by atoms with Gasteiger partial charge in [0.25, 0.3) is 5.91 Å². The molecule has 13 heteroatoms. The van der Waals surface area contributed by atoms with Gasteiger partial charge in [-0.15, -0.1) is 0 Å². The molecule has 3 aromatic heterocycles. The maximum absolute atomic E-state index is 13.4. The molecule has 0 spiro atoms. The SMILES string of the molecule is Nc1nc(NCCCn2cc(C(=O)NCc3c[nH]c(-c4ccccc4)n3)c(-c3ccc(Cl)cc3Cl)c2)ccc1[N+](=O)[O-]. The van der Waals surface area contributed by atoms with Gasteiger partial charge in [-0.05, 0) is 24.6 Å². The summed E-state index contributed by atoms with van der Waals surface area (Å²) in [5, 5.41) is 17.9. The maximum Gasteiger partial charge on any atom is 0.311 e. The number of nitrogen functional groups attached to an aromatic ring is 1. The number of hydrogen-bond acceptors (Lipinski definition) is 7. The molecule has 5 rings (SSSR count). The summed E-state index contributed by atoms with van der Waals surface area (Å²) in [4.78, 5) is 35.5. The Hall–Kier alpha value is -4.87. The Morgan fingerprint density at radius 3 is 2.60 bits per heavy atom. The van der Waals surface area contributed by atoms with Crippen LogP contribution in [-0.2, 0) is 13.1 Å². The fourth-order valence-corrected chi connectivity index (χ4v) is 4.91. The second-order valence-electron chi connectivity index (χ2n) is 9.37. The first kappa shape index (κ1) is 28.7. The molecule has 0 aliphatic heterocycles. The first-order valence-corrected chi connectivity index (χ1v) is 13.7. The lowest BCUT2D eigenvalue weighted by atomic mass is 10.0. The largest absolute Gasteiger partial charge is 0.378 e. The van der Waals surface area contributed by atoms with Crippen molar-refractivity contribution in [3.05, 3.63) is 111 Å². The van der Waals surface area contributed by atoms with E-state index in [0.717, 1.165) is 11.4 Å². The Balaban J connectivity index is 1.28. The standard InChI is InChI=1S/C29H26Cl2N8O3/c30-19-7-8-21(24(31)13-19)22-16-38(12-4-11-33-26-10-9-25(39(41)42)27(32)37-26)17-23(22)29(40)35-15-20-14-34-28(36-20)18-5-2-1-3-6-18/h1-3,5-10,13-14,16-17H,4,11-12,15H2,(H,34,36)(H,35,40)(H3,32,33,37). The molecule has 5 aromatic rings. The number of imidazole rings is 1. The van der Waals surface area contributed by atoms with Gasteiger partial charge in [-0.3, -0.25) is 14.9 Å². The van der Waals surface area contributed by atoms with Gasteiger partial charge in [0.1, 0.15) is 11.6 Å². The van der Waals surface area contributed by atoms with E-state index < -0.39 is 4.92 Å². The summed E-state index contributed by atoms with van der Waals surface area (Å²) in [6, 6.07) is 17.7. The minimum atomic E-state index is -0.576. The highest BCUT2D eigenvalue weighted by Gasteiger charge is 2.19. The van der Waals surface area contributed by atoms with Crippen molar-refractivity contribution < 1.29 is 9.72 Å². The maximum atomic E-state index is 13.4. The number of nitrogens with zero attached hydrogens (tertiary/aromatic N) is 4. The van der Waals surface area contributed by atoms with Crippen LogP contribution in [0.1, 0.15) is 22.5 Å². The van der Waals surface area contributed by atoms with E-state index >= 15 is 0 Å². The Morgan fingerprint density at radius 2 is 1.86 bits per heavy atom. The monoisotopic (exact) mass is 604 g/mol. The number of carbonyl (C=O) groups excluding carboxylic acids is 1. The number of aryl methyl sites for hydroxylation is 1. The van der Waals surface area contributed by atoms with Crippen LogP contribution in [0.25, 0.3) is 22.5 Å². The average molecular weight is 605 g/mol. The molecular formula is C29H26Cl2N8O3. The minimum Gasteiger partial charge on any atom is -0.378 e. The van der Waals surface area contributed by atoms with Gasteiger partial charge in [0.15, 0.2) is 0 Å². The first-order valence-electron chi connectivity index (χ1n) is 13.0. The molecule has 0 fully saturated rings. The van der Waals surface area contributed by atoms with Crippen molar-refractivity contribution in [3.8, 4) is 22.5 Å². The highest BCUT2D eigenvalue weighted by atomic mass is 35.5. The average Bonchev–Trinajstić information content (AvgIpc) is 3.62. The molecular weight excluding hydrogens is 579 g/mol. The number of aromatic amines is 1. The molecule has 42 heavy (non-hydrogen) atoms. The quantitative estimate of drug-likeness (QED) is 0.0797. The topological polar surface area (TPSA) is 157 Å². The van der Waals surface area contributed by atoms with Gasteiger partial charge >= 0.3 is 5.69 Å². The van der Waals surface area contributed by atoms with Crippen LogP contribution in [0.3, 0.4) is 0 Å². The molecule has 214 valence electrons. The van der Waals surface area contributed by atoms with Crippen LogP contribution >= 0.6 is 23.2 Å². The third-order valence-electron chi connectivity index (χ3n) is 6.45. The predicted molar refractivity (Wildman–Crippen MR) is 163 cm³/mol. The summed E-state index contributed by atoms with van der Waals surface area (Å²) in [5.74, 6) is 0.734. The smallest absolute Gasteiger partial charge is 0.311 e. The predicted octanol–water partition coefficient (Wildman–Crippen LogP) is 6.17. The van der Waals surface area contributed by atoms with Crippen LogP contribution in [-0.4, -0.2) is 36.9 Å². The Morgan fingerprint density at radius 1 is 1.05 bits per heavy atom. The van der Waals surface area contributed by atoms with E-state index in [2.05, 4.69) is 25.6 Å². The van der Waals surface area contributed by atoms with Crippen LogP contribution in [0.15, 0.2) is 79.3 Å². The van der Waals surface area contributed by atoms with Crippen molar-refractivity contribution in [2.75, 3.05) is 17.6 Å². The number of pyridine rings is 1.